The molecular weight excluding hydrogens is 280 g/mol. The first kappa shape index (κ1) is 12.9. The van der Waals surface area contributed by atoms with Crippen molar-refractivity contribution >= 4 is 5.82 Å². The van der Waals surface area contributed by atoms with Crippen molar-refractivity contribution in [3.8, 4) is 0 Å². The molecule has 2 N–H and O–H groups in total. The number of anilines is 1. The van der Waals surface area contributed by atoms with Crippen molar-refractivity contribution in [3.05, 3.63) is 72.6 Å². The zero-order chi connectivity index (χ0) is 15.1. The number of fused-ring (bicyclic) bond motifs is 1. The van der Waals surface area contributed by atoms with Crippen LogP contribution in [0.3, 0.4) is 0 Å². The summed E-state index contributed by atoms with van der Waals surface area (Å²) >= 11 is 0. The van der Waals surface area contributed by atoms with Crippen LogP contribution in [0, 0.1) is 10.1 Å². The summed E-state index contributed by atoms with van der Waals surface area (Å²) in [6.45, 7) is 0. The number of furan rings is 1. The molecule has 1 aliphatic rings. The van der Waals surface area contributed by atoms with E-state index in [4.69, 9.17) is 4.42 Å². The number of nitro groups is 1. The zero-order valence-corrected chi connectivity index (χ0v) is 10.8. The van der Waals surface area contributed by atoms with Crippen LogP contribution in [0.5, 0.6) is 0 Å². The Bertz CT molecular complexity index is 859. The van der Waals surface area contributed by atoms with Crippen molar-refractivity contribution in [2.24, 2.45) is 7.05 Å². The van der Waals surface area contributed by atoms with Gasteiger partial charge in [-0.15, -0.1) is 0 Å². The summed E-state index contributed by atoms with van der Waals surface area (Å²) < 4.78 is 6.08. The third-order valence-corrected chi connectivity index (χ3v) is 3.33. The van der Waals surface area contributed by atoms with Gasteiger partial charge in [0.2, 0.25) is 0 Å². The summed E-state index contributed by atoms with van der Waals surface area (Å²) in [5, 5.41) is 13.8. The van der Waals surface area contributed by atoms with Crippen LogP contribution < -0.4 is 16.6 Å². The average Bonchev–Trinajstić information content (AvgIpc) is 2.97. The fourth-order valence-electron chi connectivity index (χ4n) is 2.30. The van der Waals surface area contributed by atoms with Crippen LogP contribution in [0.1, 0.15) is 17.2 Å². The second-order valence-corrected chi connectivity index (χ2v) is 4.50. The Morgan fingerprint density at radius 2 is 2.19 bits per heavy atom. The van der Waals surface area contributed by atoms with Gasteiger partial charge in [-0.3, -0.25) is 24.5 Å². The lowest BCUT2D eigenvalue weighted by molar-refractivity contribution is -0.429. The third kappa shape index (κ3) is 1.86. The van der Waals surface area contributed by atoms with E-state index in [1.165, 1.54) is 13.3 Å². The minimum atomic E-state index is -0.984. The molecular formula is C12H10N4O5. The van der Waals surface area contributed by atoms with Gasteiger partial charge >= 0.3 is 5.69 Å². The highest BCUT2D eigenvalue weighted by molar-refractivity contribution is 5.55. The summed E-state index contributed by atoms with van der Waals surface area (Å²) in [7, 11) is 1.30. The first-order valence-corrected chi connectivity index (χ1v) is 5.98. The lowest BCUT2D eigenvalue weighted by atomic mass is 9.92. The van der Waals surface area contributed by atoms with Gasteiger partial charge < -0.3 is 9.73 Å². The molecule has 1 aliphatic heterocycles. The number of aromatic nitrogens is 2. The predicted octanol–water partition coefficient (Wildman–Crippen LogP) is 0.342. The van der Waals surface area contributed by atoms with E-state index in [0.717, 1.165) is 10.8 Å². The maximum absolute atomic E-state index is 12.3. The standard InChI is InChI=1S/C12H10N4O5/c1-15-11(17)9-8(7-3-2-4-21-7)6(16(19)20)5-13-10(9)14-12(15)18/h2-5,8,13H,1H3,(H,14,18). The summed E-state index contributed by atoms with van der Waals surface area (Å²) in [6, 6.07) is 3.12. The van der Waals surface area contributed by atoms with Crippen molar-refractivity contribution in [1.29, 1.82) is 0 Å². The van der Waals surface area contributed by atoms with E-state index in [0.29, 0.717) is 0 Å². The number of H-pyrrole nitrogens is 1. The van der Waals surface area contributed by atoms with Crippen molar-refractivity contribution in [2.45, 2.75) is 5.92 Å². The van der Waals surface area contributed by atoms with Crippen LogP contribution in [0.4, 0.5) is 5.82 Å². The van der Waals surface area contributed by atoms with Gasteiger partial charge in [0.25, 0.3) is 11.3 Å². The quantitative estimate of drug-likeness (QED) is 0.607. The first-order chi connectivity index (χ1) is 10.0. The van der Waals surface area contributed by atoms with E-state index in [2.05, 4.69) is 10.3 Å². The number of hydrogen-bond donors (Lipinski definition) is 2. The lowest BCUT2D eigenvalue weighted by Gasteiger charge is -2.20. The van der Waals surface area contributed by atoms with E-state index in [1.807, 2.05) is 0 Å². The molecule has 0 amide bonds. The van der Waals surface area contributed by atoms with Gasteiger partial charge in [0.15, 0.2) is 0 Å². The summed E-state index contributed by atoms with van der Waals surface area (Å²) in [6.07, 6.45) is 2.51. The predicted molar refractivity (Wildman–Crippen MR) is 71.6 cm³/mol. The number of nitrogens with one attached hydrogen (secondary N) is 2. The van der Waals surface area contributed by atoms with Gasteiger partial charge in [-0.1, -0.05) is 0 Å². The Hall–Kier alpha value is -3.10. The van der Waals surface area contributed by atoms with Crippen LogP contribution >= 0.6 is 0 Å². The van der Waals surface area contributed by atoms with Crippen LogP contribution in [-0.2, 0) is 7.05 Å². The van der Waals surface area contributed by atoms with Crippen LogP contribution in [0.25, 0.3) is 0 Å². The zero-order valence-electron chi connectivity index (χ0n) is 10.8. The van der Waals surface area contributed by atoms with Crippen LogP contribution in [0.15, 0.2) is 44.3 Å². The molecule has 0 bridgehead atoms. The van der Waals surface area contributed by atoms with Crippen LogP contribution in [0.2, 0.25) is 0 Å². The molecule has 108 valence electrons. The van der Waals surface area contributed by atoms with Crippen LogP contribution in [-0.4, -0.2) is 14.5 Å². The van der Waals surface area contributed by atoms with Gasteiger partial charge in [0.05, 0.1) is 22.9 Å². The fraction of sp³-hybridized carbons (Fsp3) is 0.167. The molecule has 2 aromatic heterocycles. The molecule has 1 atom stereocenters. The average molecular weight is 290 g/mol. The number of rotatable bonds is 2. The van der Waals surface area contributed by atoms with Crippen molar-refractivity contribution in [1.82, 2.24) is 9.55 Å². The molecule has 0 spiro atoms. The largest absolute Gasteiger partial charge is 0.468 e. The molecule has 0 fully saturated rings. The fourth-order valence-corrected chi connectivity index (χ4v) is 2.30. The van der Waals surface area contributed by atoms with E-state index in [9.17, 15) is 19.7 Å². The van der Waals surface area contributed by atoms with Crippen molar-refractivity contribution in [3.63, 3.8) is 0 Å². The highest BCUT2D eigenvalue weighted by Gasteiger charge is 2.38. The Labute approximate surface area is 116 Å². The van der Waals surface area contributed by atoms with E-state index in [-0.39, 0.29) is 22.8 Å². The molecule has 0 radical (unpaired) electrons. The second kappa shape index (κ2) is 4.47. The molecule has 9 nitrogen and oxygen atoms in total. The first-order valence-electron chi connectivity index (χ1n) is 5.98. The number of allylic oxidation sites excluding steroid dienone is 1. The second-order valence-electron chi connectivity index (χ2n) is 4.50. The summed E-state index contributed by atoms with van der Waals surface area (Å²) in [5.41, 5.74) is -1.39. The smallest absolute Gasteiger partial charge is 0.329 e. The molecule has 9 heteroatoms. The molecule has 0 aliphatic carbocycles. The minimum Gasteiger partial charge on any atom is -0.468 e. The molecule has 0 saturated heterocycles. The molecule has 3 heterocycles. The molecule has 3 rings (SSSR count). The third-order valence-electron chi connectivity index (χ3n) is 3.33. The molecule has 2 aromatic rings. The minimum absolute atomic E-state index is 0.0706. The number of nitrogens with zero attached hydrogens (tertiary/aromatic N) is 2. The number of hydrogen-bond acceptors (Lipinski definition) is 6. The SMILES string of the molecule is Cn1c(=O)[nH]c2c(c1=O)C(c1ccco1)C([N+](=O)[O-])=CN2. The van der Waals surface area contributed by atoms with Gasteiger partial charge in [0, 0.05) is 7.05 Å². The topological polar surface area (TPSA) is 123 Å². The van der Waals surface area contributed by atoms with E-state index < -0.39 is 22.1 Å². The molecule has 1 unspecified atom stereocenters. The monoisotopic (exact) mass is 290 g/mol. The van der Waals surface area contributed by atoms with Crippen molar-refractivity contribution in [2.75, 3.05) is 5.32 Å². The Morgan fingerprint density at radius 3 is 2.81 bits per heavy atom. The molecule has 0 saturated carbocycles. The van der Waals surface area contributed by atoms with Gasteiger partial charge in [-0.2, -0.15) is 0 Å². The maximum atomic E-state index is 12.3. The van der Waals surface area contributed by atoms with Crippen molar-refractivity contribution < 1.29 is 9.34 Å². The number of aromatic amines is 1. The van der Waals surface area contributed by atoms with Gasteiger partial charge in [0.1, 0.15) is 17.5 Å². The Morgan fingerprint density at radius 1 is 1.43 bits per heavy atom. The lowest BCUT2D eigenvalue weighted by Crippen LogP contribution is -2.39. The molecule has 0 aromatic carbocycles. The summed E-state index contributed by atoms with van der Waals surface area (Å²) in [5.74, 6) is -0.596. The Kier molecular flexibility index (Phi) is 2.75. The highest BCUT2D eigenvalue weighted by atomic mass is 16.6. The summed E-state index contributed by atoms with van der Waals surface area (Å²) in [4.78, 5) is 37.0. The molecule has 21 heavy (non-hydrogen) atoms. The van der Waals surface area contributed by atoms with Gasteiger partial charge in [-0.25, -0.2) is 4.79 Å². The van der Waals surface area contributed by atoms with Gasteiger partial charge in [-0.05, 0) is 12.1 Å². The van der Waals surface area contributed by atoms with E-state index >= 15 is 0 Å². The normalized spacial score (nSPS) is 16.8. The maximum Gasteiger partial charge on any atom is 0.329 e. The Balaban J connectivity index is 2.33. The highest BCUT2D eigenvalue weighted by Crippen LogP contribution is 2.36. The van der Waals surface area contributed by atoms with E-state index in [1.54, 1.807) is 12.1 Å².